The lowest BCUT2D eigenvalue weighted by atomic mass is 10.2. The highest BCUT2D eigenvalue weighted by Gasteiger charge is 2.27. The molecule has 0 bridgehead atoms. The summed E-state index contributed by atoms with van der Waals surface area (Å²) in [6, 6.07) is 17.5. The number of H-pyrrole nitrogens is 2. The molecule has 3 atom stereocenters. The summed E-state index contributed by atoms with van der Waals surface area (Å²) in [5.41, 5.74) is 9.08. The van der Waals surface area contributed by atoms with Crippen molar-refractivity contribution in [3.05, 3.63) is 247 Å². The first kappa shape index (κ1) is 90.1. The van der Waals surface area contributed by atoms with Crippen LogP contribution in [0.15, 0.2) is 137 Å². The maximum atomic E-state index is 11.6. The Labute approximate surface area is 596 Å². The first-order chi connectivity index (χ1) is 47.9. The van der Waals surface area contributed by atoms with Crippen LogP contribution in [0.2, 0.25) is 0 Å². The second-order valence-electron chi connectivity index (χ2n) is 21.0. The van der Waals surface area contributed by atoms with Crippen LogP contribution < -0.4 is 31.1 Å². The third kappa shape index (κ3) is 32.7. The van der Waals surface area contributed by atoms with Gasteiger partial charge in [-0.1, -0.05) is 36.4 Å². The number of nitrogens with one attached hydrogen (secondary N) is 2. The number of methoxy groups -OCH3 is 6. The Balaban J connectivity index is 0.00000117. The van der Waals surface area contributed by atoms with Crippen LogP contribution in [-0.4, -0.2) is 142 Å². The molecule has 5 N–H and O–H groups in total. The number of aliphatic hydroxyl groups excluding tert-OH is 1. The third-order valence-electron chi connectivity index (χ3n) is 12.4. The summed E-state index contributed by atoms with van der Waals surface area (Å²) < 4.78 is 39.3. The zero-order valence-corrected chi connectivity index (χ0v) is 61.0. The molecule has 0 aliphatic rings. The fourth-order valence-corrected chi connectivity index (χ4v) is 7.29. The molecule has 102 heavy (non-hydrogen) atoms. The number of carbonyl (C=O) groups is 6. The Morgan fingerprint density at radius 1 is 0.569 bits per heavy atom. The molecule has 33 heteroatoms. The number of hydrogen-bond acceptors (Lipinski definition) is 27. The number of aryl methyl sites for hydroxylation is 7. The van der Waals surface area contributed by atoms with Crippen LogP contribution in [0.3, 0.4) is 0 Å². The molecule has 7 aromatic heterocycles. The predicted molar refractivity (Wildman–Crippen MR) is 379 cm³/mol. The van der Waals surface area contributed by atoms with E-state index in [0.717, 1.165) is 41.6 Å². The van der Waals surface area contributed by atoms with Crippen molar-refractivity contribution in [2.75, 3.05) is 48.4 Å². The van der Waals surface area contributed by atoms with Crippen LogP contribution in [-0.2, 0) is 28.4 Å². The number of aliphatic hydroxyl groups is 1. The molecule has 32 nitrogen and oxygen atoms in total. The van der Waals surface area contributed by atoms with Crippen LogP contribution in [0.5, 0.6) is 11.8 Å². The van der Waals surface area contributed by atoms with Gasteiger partial charge in [0, 0.05) is 71.3 Å². The number of anilines is 1. The Hall–Kier alpha value is -11.9. The molecule has 0 aromatic carbocycles. The van der Waals surface area contributed by atoms with Gasteiger partial charge in [0.25, 0.3) is 11.1 Å². The second-order valence-corrected chi connectivity index (χ2v) is 21.8. The topological polar surface area (TPSA) is 453 Å². The highest BCUT2D eigenvalue weighted by molar-refractivity contribution is 9.10. The van der Waals surface area contributed by atoms with E-state index in [0.29, 0.717) is 46.7 Å². The average molecular weight is 1490 g/mol. The van der Waals surface area contributed by atoms with E-state index in [9.17, 15) is 63.8 Å². The number of aromatic nitrogens is 7. The lowest BCUT2D eigenvalue weighted by Crippen LogP contribution is -2.34. The fraction of sp³-hybridized carbons (Fsp3) is 0.319. The Kier molecular flexibility index (Phi) is 41.7. The normalized spacial score (nSPS) is 10.5. The number of nitrogen functional groups attached to an aromatic ring is 1. The molecular weight excluding hydrogens is 1400 g/mol. The molecule has 0 spiro atoms. The maximum absolute atomic E-state index is 11.6. The number of rotatable bonds is 18. The minimum absolute atomic E-state index is 0.00287. The fourth-order valence-electron chi connectivity index (χ4n) is 7.06. The van der Waals surface area contributed by atoms with Gasteiger partial charge in [0.2, 0.25) is 23.1 Å². The van der Waals surface area contributed by atoms with Crippen molar-refractivity contribution in [3.8, 4) is 11.8 Å². The van der Waals surface area contributed by atoms with Crippen LogP contribution in [0.1, 0.15) is 142 Å². The van der Waals surface area contributed by atoms with Crippen LogP contribution in [0, 0.1) is 73.9 Å². The third-order valence-corrected chi connectivity index (χ3v) is 12.8. The van der Waals surface area contributed by atoms with Crippen LogP contribution >= 0.6 is 15.9 Å². The number of ether oxygens (including phenoxy) is 8. The number of nitrogens with zero attached hydrogens (tertiary/aromatic N) is 7. The molecule has 7 heterocycles. The van der Waals surface area contributed by atoms with Gasteiger partial charge in [-0.05, 0) is 133 Å². The van der Waals surface area contributed by atoms with E-state index in [1.807, 2.05) is 59.0 Å². The SMILES string of the molecule is C=CC[C@@H](C)Oc1nc(C(=O)OC)c(N)cc1C.C=CC[C@@H](C)Oc1nc(C(=O)OC)c([N+](=O)[O-])cc1C.C=CC[C@H](C)O.COC(=O)c1[nH]c(=O)c(C)cc1[N+](=O)[O-].COC(=O)c1ccc(C)c(=O)[nH]1.COC(=O)c1ccc(C)c[n+]1[O-].COC(=O)c1ccc(C)cn1.Cc1ccc(Br)nc1. The van der Waals surface area contributed by atoms with Crippen molar-refractivity contribution in [2.45, 2.75) is 107 Å². The van der Waals surface area contributed by atoms with E-state index in [1.54, 1.807) is 76.4 Å². The zero-order chi connectivity index (χ0) is 78.1. The number of halogens is 1. The van der Waals surface area contributed by atoms with Gasteiger partial charge < -0.3 is 63.9 Å². The highest BCUT2D eigenvalue weighted by atomic mass is 79.9. The van der Waals surface area contributed by atoms with Gasteiger partial charge >= 0.3 is 52.9 Å². The van der Waals surface area contributed by atoms with Gasteiger partial charge in [0.05, 0.1) is 64.3 Å². The number of pyridine rings is 7. The van der Waals surface area contributed by atoms with Crippen molar-refractivity contribution in [2.24, 2.45) is 0 Å². The standard InChI is InChI=1S/C13H16N2O5.C13H18N2O3.C8H8N2O5.2C8H9NO3.C8H9NO2.C6H6BrN.C5H10O/c1-5-6-9(3)20-12-8(2)7-10(15(17)18)11(14-12)13(16)19-4;1-5-6-9(3)18-12-8(2)7-10(14)11(15-12)13(16)17-4;1-4-3-5(10(13)14)6(8(12)15-2)9-7(4)11;1-6-3-4-7(8(10)12-2)9(11)5-6;1-5-3-4-6(8(11)12-2)9-7(5)10;1-6-3-4-7(9-5-6)8(10)11-2;1-5-2-3-6(7)8-4-5;1-3-4-5(2)6/h5,7,9H,1,6H2,2-4H3;5,7,9H,1,6,14H2,2-4H3;3H,1-2H3,(H,9,11);3-5H,1-2H3;3-4H,1-2H3,(H,9,10);3-5H,1-2H3;2-4H,1H3;3,5-6H,1,4H2,2H3/t2*9-;;;;;;5-/m11.....0/s1. The van der Waals surface area contributed by atoms with Gasteiger partial charge in [-0.3, -0.25) is 29.8 Å². The van der Waals surface area contributed by atoms with Gasteiger partial charge in [0.15, 0.2) is 11.9 Å². The second kappa shape index (κ2) is 47.2. The Bertz CT molecular complexity index is 4090. The monoisotopic (exact) mass is 1480 g/mol. The van der Waals surface area contributed by atoms with Gasteiger partial charge in [-0.25, -0.2) is 43.7 Å². The predicted octanol–water partition coefficient (Wildman–Crippen LogP) is 10.1. The van der Waals surface area contributed by atoms with Gasteiger partial charge in [-0.2, -0.15) is 9.71 Å². The zero-order valence-electron chi connectivity index (χ0n) is 59.4. The number of esters is 6. The van der Waals surface area contributed by atoms with Crippen LogP contribution in [0.4, 0.5) is 17.1 Å². The molecule has 7 rings (SSSR count). The van der Waals surface area contributed by atoms with Crippen molar-refractivity contribution >= 4 is 68.8 Å². The van der Waals surface area contributed by atoms with E-state index in [-0.39, 0.29) is 63.8 Å². The molecule has 550 valence electrons. The number of nitro groups is 2. The molecule has 0 aliphatic carbocycles. The molecule has 0 saturated carbocycles. The van der Waals surface area contributed by atoms with E-state index in [2.05, 4.69) is 94.0 Å². The molecule has 0 amide bonds. The first-order valence-electron chi connectivity index (χ1n) is 30.0. The summed E-state index contributed by atoms with van der Waals surface area (Å²) in [7, 11) is 7.33. The molecule has 0 fully saturated rings. The largest absolute Gasteiger partial charge is 0.618 e. The maximum Gasteiger partial charge on any atom is 0.404 e. The lowest BCUT2D eigenvalue weighted by Gasteiger charge is -2.15. The Morgan fingerprint density at radius 3 is 1.43 bits per heavy atom. The minimum atomic E-state index is -0.946. The molecular formula is C69H85BrN10O22. The summed E-state index contributed by atoms with van der Waals surface area (Å²) in [5.74, 6) is -3.39. The van der Waals surface area contributed by atoms with E-state index < -0.39 is 68.3 Å². The molecule has 0 saturated heterocycles. The summed E-state index contributed by atoms with van der Waals surface area (Å²) in [5, 5.41) is 41.1. The smallest absolute Gasteiger partial charge is 0.404 e. The molecule has 0 unspecified atom stereocenters. The van der Waals surface area contributed by atoms with E-state index in [4.69, 9.17) is 20.3 Å². The number of aromatic amines is 2. The highest BCUT2D eigenvalue weighted by Crippen LogP contribution is 2.27. The van der Waals surface area contributed by atoms with Gasteiger partial charge in [0.1, 0.15) is 28.2 Å². The van der Waals surface area contributed by atoms with Crippen LogP contribution in [0.25, 0.3) is 0 Å². The molecule has 0 aliphatic heterocycles. The minimum Gasteiger partial charge on any atom is -0.618 e. The summed E-state index contributed by atoms with van der Waals surface area (Å²) in [6.45, 7) is 28.3. The summed E-state index contributed by atoms with van der Waals surface area (Å²) >= 11 is 3.23. The van der Waals surface area contributed by atoms with Crippen molar-refractivity contribution in [1.29, 1.82) is 0 Å². The van der Waals surface area contributed by atoms with E-state index in [1.165, 1.54) is 65.3 Å². The number of hydrogen-bond donors (Lipinski definition) is 4. The molecule has 7 aromatic rings. The molecule has 0 radical (unpaired) electrons. The number of nitrogens with two attached hydrogens (primary N) is 1. The first-order valence-corrected chi connectivity index (χ1v) is 30.8. The van der Waals surface area contributed by atoms with Gasteiger partial charge in [-0.15, -0.1) is 19.7 Å². The van der Waals surface area contributed by atoms with Crippen molar-refractivity contribution < 1.29 is 86.3 Å². The average Bonchev–Trinajstić information content (AvgIpc) is 0.826. The summed E-state index contributed by atoms with van der Waals surface area (Å²) in [6.07, 6.45) is 11.4. The van der Waals surface area contributed by atoms with Crippen molar-refractivity contribution in [1.82, 2.24) is 29.9 Å². The van der Waals surface area contributed by atoms with E-state index >= 15 is 0 Å². The lowest BCUT2D eigenvalue weighted by molar-refractivity contribution is -0.608. The van der Waals surface area contributed by atoms with Crippen molar-refractivity contribution in [3.63, 3.8) is 0 Å². The number of carbonyl (C=O) groups excluding carboxylic acids is 6. The summed E-state index contributed by atoms with van der Waals surface area (Å²) in [4.78, 5) is 129. The Morgan fingerprint density at radius 2 is 1.02 bits per heavy atom. The quantitative estimate of drug-likeness (QED) is 0.00906.